The Bertz CT molecular complexity index is 335. The zero-order valence-electron chi connectivity index (χ0n) is 12.5. The predicted octanol–water partition coefficient (Wildman–Crippen LogP) is 3.94. The molecule has 1 N–H and O–H groups in total. The van der Waals surface area contributed by atoms with Crippen molar-refractivity contribution in [3.05, 3.63) is 34.9 Å². The molecule has 0 fully saturated rings. The molecule has 0 aromatic heterocycles. The maximum Gasteiger partial charge on any atom is 0.0406 e. The van der Waals surface area contributed by atoms with E-state index in [1.54, 1.807) is 0 Å². The van der Waals surface area contributed by atoms with Crippen molar-refractivity contribution >= 4 is 11.6 Å². The Balaban J connectivity index is 2.08. The number of hydrogen-bond acceptors (Lipinski definition) is 2. The molecule has 0 radical (unpaired) electrons. The lowest BCUT2D eigenvalue weighted by atomic mass is 10.2. The number of rotatable bonds is 9. The molecule has 0 unspecified atom stereocenters. The third-order valence-corrected chi connectivity index (χ3v) is 3.39. The lowest BCUT2D eigenvalue weighted by Gasteiger charge is -2.16. The fourth-order valence-electron chi connectivity index (χ4n) is 2.05. The Labute approximate surface area is 123 Å². The van der Waals surface area contributed by atoms with Gasteiger partial charge in [0, 0.05) is 17.6 Å². The molecule has 19 heavy (non-hydrogen) atoms. The van der Waals surface area contributed by atoms with Crippen LogP contribution < -0.4 is 5.32 Å². The van der Waals surface area contributed by atoms with Gasteiger partial charge in [0.25, 0.3) is 0 Å². The van der Waals surface area contributed by atoms with Gasteiger partial charge in [-0.2, -0.15) is 0 Å². The van der Waals surface area contributed by atoms with Crippen LogP contribution in [-0.4, -0.2) is 31.1 Å². The van der Waals surface area contributed by atoms with E-state index in [4.69, 9.17) is 11.6 Å². The van der Waals surface area contributed by atoms with Gasteiger partial charge in [0.1, 0.15) is 0 Å². The standard InChI is InChI=1S/C16H27ClN2/c1-14(2)18-11-5-4-6-12-19(3)13-15-7-9-16(17)10-8-15/h7-10,14,18H,4-6,11-13H2,1-3H3. The van der Waals surface area contributed by atoms with Crippen LogP contribution in [-0.2, 0) is 6.54 Å². The van der Waals surface area contributed by atoms with Gasteiger partial charge in [0.2, 0.25) is 0 Å². The maximum atomic E-state index is 5.88. The molecule has 0 aliphatic heterocycles. The van der Waals surface area contributed by atoms with E-state index in [1.165, 1.54) is 24.8 Å². The SMILES string of the molecule is CC(C)NCCCCCN(C)Cc1ccc(Cl)cc1. The van der Waals surface area contributed by atoms with E-state index < -0.39 is 0 Å². The van der Waals surface area contributed by atoms with Gasteiger partial charge >= 0.3 is 0 Å². The Kier molecular flexibility index (Phi) is 8.11. The van der Waals surface area contributed by atoms with Crippen LogP contribution in [0.5, 0.6) is 0 Å². The molecular formula is C16H27ClN2. The van der Waals surface area contributed by atoms with Gasteiger partial charge in [-0.3, -0.25) is 0 Å². The average molecular weight is 283 g/mol. The summed E-state index contributed by atoms with van der Waals surface area (Å²) < 4.78 is 0. The van der Waals surface area contributed by atoms with E-state index in [0.717, 1.165) is 24.7 Å². The molecule has 0 bridgehead atoms. The summed E-state index contributed by atoms with van der Waals surface area (Å²) in [4.78, 5) is 2.37. The number of unbranched alkanes of at least 4 members (excludes halogenated alkanes) is 2. The van der Waals surface area contributed by atoms with Gasteiger partial charge in [-0.1, -0.05) is 44.0 Å². The van der Waals surface area contributed by atoms with Crippen LogP contribution in [0.3, 0.4) is 0 Å². The highest BCUT2D eigenvalue weighted by atomic mass is 35.5. The minimum atomic E-state index is 0.604. The van der Waals surface area contributed by atoms with Crippen LogP contribution in [0.2, 0.25) is 5.02 Å². The first kappa shape index (κ1) is 16.5. The molecule has 1 aromatic rings. The lowest BCUT2D eigenvalue weighted by Crippen LogP contribution is -2.24. The zero-order valence-corrected chi connectivity index (χ0v) is 13.2. The number of benzene rings is 1. The van der Waals surface area contributed by atoms with Gasteiger partial charge in [-0.25, -0.2) is 0 Å². The van der Waals surface area contributed by atoms with E-state index in [1.807, 2.05) is 12.1 Å². The second-order valence-corrected chi connectivity index (χ2v) is 5.97. The van der Waals surface area contributed by atoms with Crippen molar-refractivity contribution in [3.63, 3.8) is 0 Å². The molecule has 2 nitrogen and oxygen atoms in total. The molecule has 1 aromatic carbocycles. The van der Waals surface area contributed by atoms with Crippen LogP contribution in [0.1, 0.15) is 38.7 Å². The molecule has 0 aliphatic carbocycles. The van der Waals surface area contributed by atoms with Crippen LogP contribution in [0.4, 0.5) is 0 Å². The topological polar surface area (TPSA) is 15.3 Å². The van der Waals surface area contributed by atoms with Crippen molar-refractivity contribution in [3.8, 4) is 0 Å². The number of nitrogens with one attached hydrogen (secondary N) is 1. The monoisotopic (exact) mass is 282 g/mol. The summed E-state index contributed by atoms with van der Waals surface area (Å²) in [6.07, 6.45) is 3.83. The van der Waals surface area contributed by atoms with Crippen molar-refractivity contribution < 1.29 is 0 Å². The minimum absolute atomic E-state index is 0.604. The third kappa shape index (κ3) is 8.25. The van der Waals surface area contributed by atoms with E-state index in [0.29, 0.717) is 6.04 Å². The fourth-order valence-corrected chi connectivity index (χ4v) is 2.18. The van der Waals surface area contributed by atoms with Crippen LogP contribution in [0, 0.1) is 0 Å². The normalized spacial score (nSPS) is 11.5. The van der Waals surface area contributed by atoms with Crippen LogP contribution >= 0.6 is 11.6 Å². The number of hydrogen-bond donors (Lipinski definition) is 1. The summed E-state index contributed by atoms with van der Waals surface area (Å²) in [6, 6.07) is 8.73. The van der Waals surface area contributed by atoms with E-state index in [9.17, 15) is 0 Å². The second kappa shape index (κ2) is 9.35. The summed E-state index contributed by atoms with van der Waals surface area (Å²) in [6.45, 7) is 7.68. The van der Waals surface area contributed by atoms with Gasteiger partial charge in [-0.15, -0.1) is 0 Å². The van der Waals surface area contributed by atoms with Crippen molar-refractivity contribution in [1.29, 1.82) is 0 Å². The average Bonchev–Trinajstić information content (AvgIpc) is 2.36. The zero-order chi connectivity index (χ0) is 14.1. The molecule has 3 heteroatoms. The van der Waals surface area contributed by atoms with Crippen molar-refractivity contribution in [2.45, 2.75) is 45.7 Å². The third-order valence-electron chi connectivity index (χ3n) is 3.13. The predicted molar refractivity (Wildman–Crippen MR) is 84.8 cm³/mol. The minimum Gasteiger partial charge on any atom is -0.315 e. The second-order valence-electron chi connectivity index (χ2n) is 5.53. The largest absolute Gasteiger partial charge is 0.315 e. The molecule has 0 amide bonds. The summed E-state index contributed by atoms with van der Waals surface area (Å²) in [5.41, 5.74) is 1.33. The molecule has 0 atom stereocenters. The van der Waals surface area contributed by atoms with E-state index >= 15 is 0 Å². The van der Waals surface area contributed by atoms with Gasteiger partial charge in [0.15, 0.2) is 0 Å². The molecule has 1 rings (SSSR count). The van der Waals surface area contributed by atoms with E-state index in [2.05, 4.69) is 43.2 Å². The molecule has 0 saturated carbocycles. The summed E-state index contributed by atoms with van der Waals surface area (Å²) in [5.74, 6) is 0. The van der Waals surface area contributed by atoms with Crippen molar-refractivity contribution in [2.24, 2.45) is 0 Å². The molecule has 0 saturated heterocycles. The van der Waals surface area contributed by atoms with Gasteiger partial charge < -0.3 is 10.2 Å². The Hall–Kier alpha value is -0.570. The highest BCUT2D eigenvalue weighted by Gasteiger charge is 2.00. The molecule has 108 valence electrons. The molecular weight excluding hydrogens is 256 g/mol. The Morgan fingerprint density at radius 2 is 1.79 bits per heavy atom. The highest BCUT2D eigenvalue weighted by Crippen LogP contribution is 2.11. The quantitative estimate of drug-likeness (QED) is 0.690. The molecule has 0 heterocycles. The molecule has 0 spiro atoms. The Morgan fingerprint density at radius 3 is 2.42 bits per heavy atom. The van der Waals surface area contributed by atoms with Crippen LogP contribution in [0.25, 0.3) is 0 Å². The highest BCUT2D eigenvalue weighted by molar-refractivity contribution is 6.30. The van der Waals surface area contributed by atoms with Gasteiger partial charge in [-0.05, 0) is 50.7 Å². The first-order valence-electron chi connectivity index (χ1n) is 7.24. The number of nitrogens with zero attached hydrogens (tertiary/aromatic N) is 1. The number of halogens is 1. The smallest absolute Gasteiger partial charge is 0.0406 e. The Morgan fingerprint density at radius 1 is 1.11 bits per heavy atom. The lowest BCUT2D eigenvalue weighted by molar-refractivity contribution is 0.316. The first-order valence-corrected chi connectivity index (χ1v) is 7.62. The summed E-state index contributed by atoms with van der Waals surface area (Å²) in [7, 11) is 2.18. The van der Waals surface area contributed by atoms with E-state index in [-0.39, 0.29) is 0 Å². The van der Waals surface area contributed by atoms with Crippen molar-refractivity contribution in [1.82, 2.24) is 10.2 Å². The van der Waals surface area contributed by atoms with Crippen LogP contribution in [0.15, 0.2) is 24.3 Å². The van der Waals surface area contributed by atoms with Gasteiger partial charge in [0.05, 0.1) is 0 Å². The van der Waals surface area contributed by atoms with Crippen molar-refractivity contribution in [2.75, 3.05) is 20.1 Å². The summed E-state index contributed by atoms with van der Waals surface area (Å²) in [5, 5.41) is 4.26. The summed E-state index contributed by atoms with van der Waals surface area (Å²) >= 11 is 5.88. The molecule has 0 aliphatic rings. The maximum absolute atomic E-state index is 5.88. The first-order chi connectivity index (χ1) is 9.08. The fraction of sp³-hybridized carbons (Fsp3) is 0.625.